The lowest BCUT2D eigenvalue weighted by Gasteiger charge is -2.09. The fourth-order valence-corrected chi connectivity index (χ4v) is 1.69. The number of carbonyl (C=O) groups excluding carboxylic acids is 1. The SMILES string of the molecule is CC(C)NC(=O)c1ccc(Cl)c(OS(C)(=O)=O)n1. The van der Waals surface area contributed by atoms with Gasteiger partial charge in [-0.15, -0.1) is 0 Å². The normalized spacial score (nSPS) is 11.4. The maximum Gasteiger partial charge on any atom is 0.307 e. The van der Waals surface area contributed by atoms with Crippen LogP contribution in [0.4, 0.5) is 0 Å². The molecule has 0 spiro atoms. The minimum Gasteiger partial charge on any atom is -0.360 e. The Bertz CT molecular complexity index is 557. The average molecular weight is 293 g/mol. The Kier molecular flexibility index (Phi) is 4.53. The summed E-state index contributed by atoms with van der Waals surface area (Å²) in [6, 6.07) is 2.67. The van der Waals surface area contributed by atoms with E-state index in [1.165, 1.54) is 12.1 Å². The Morgan fingerprint density at radius 2 is 2.06 bits per heavy atom. The van der Waals surface area contributed by atoms with Gasteiger partial charge in [0.05, 0.1) is 6.26 Å². The van der Waals surface area contributed by atoms with Crippen LogP contribution in [0.5, 0.6) is 5.88 Å². The van der Waals surface area contributed by atoms with Gasteiger partial charge in [-0.1, -0.05) is 11.6 Å². The molecule has 0 atom stereocenters. The highest BCUT2D eigenvalue weighted by molar-refractivity contribution is 7.86. The minimum atomic E-state index is -3.74. The van der Waals surface area contributed by atoms with Crippen molar-refractivity contribution >= 4 is 27.6 Å². The summed E-state index contributed by atoms with van der Waals surface area (Å²) < 4.78 is 26.6. The molecule has 0 saturated heterocycles. The van der Waals surface area contributed by atoms with Gasteiger partial charge < -0.3 is 9.50 Å². The maximum atomic E-state index is 11.7. The summed E-state index contributed by atoms with van der Waals surface area (Å²) in [6.45, 7) is 3.59. The number of amides is 1. The summed E-state index contributed by atoms with van der Waals surface area (Å²) in [5.74, 6) is -0.740. The maximum absolute atomic E-state index is 11.7. The van der Waals surface area contributed by atoms with Crippen molar-refractivity contribution in [3.8, 4) is 5.88 Å². The highest BCUT2D eigenvalue weighted by Gasteiger charge is 2.15. The molecule has 0 aliphatic heterocycles. The number of pyridine rings is 1. The molecule has 0 saturated carbocycles. The van der Waals surface area contributed by atoms with Gasteiger partial charge in [-0.2, -0.15) is 8.42 Å². The average Bonchev–Trinajstić information content (AvgIpc) is 2.18. The first-order chi connectivity index (χ1) is 8.19. The van der Waals surface area contributed by atoms with E-state index in [1.807, 2.05) is 0 Å². The van der Waals surface area contributed by atoms with Gasteiger partial charge in [-0.25, -0.2) is 4.98 Å². The van der Waals surface area contributed by atoms with Crippen LogP contribution in [0, 0.1) is 0 Å². The zero-order valence-electron chi connectivity index (χ0n) is 10.1. The minimum absolute atomic E-state index is 0.0153. The molecule has 100 valence electrons. The molecule has 1 aromatic rings. The summed E-state index contributed by atoms with van der Waals surface area (Å²) >= 11 is 5.73. The van der Waals surface area contributed by atoms with Gasteiger partial charge >= 0.3 is 10.1 Å². The fraction of sp³-hybridized carbons (Fsp3) is 0.400. The topological polar surface area (TPSA) is 85.4 Å². The van der Waals surface area contributed by atoms with Crippen molar-refractivity contribution in [1.82, 2.24) is 10.3 Å². The lowest BCUT2D eigenvalue weighted by molar-refractivity contribution is 0.0937. The van der Waals surface area contributed by atoms with E-state index in [1.54, 1.807) is 13.8 Å². The number of nitrogens with zero attached hydrogens (tertiary/aromatic N) is 1. The zero-order chi connectivity index (χ0) is 13.9. The van der Waals surface area contributed by atoms with Crippen molar-refractivity contribution in [2.75, 3.05) is 6.26 Å². The Balaban J connectivity index is 3.04. The number of hydrogen-bond acceptors (Lipinski definition) is 5. The summed E-state index contributed by atoms with van der Waals surface area (Å²) in [5.41, 5.74) is 0.0340. The molecule has 0 aliphatic rings. The smallest absolute Gasteiger partial charge is 0.307 e. The standard InChI is InChI=1S/C10H13ClN2O4S/c1-6(2)12-9(14)8-5-4-7(11)10(13-8)17-18(3,15)16/h4-6H,1-3H3,(H,12,14). The van der Waals surface area contributed by atoms with Crippen LogP contribution < -0.4 is 9.50 Å². The third kappa shape index (κ3) is 4.50. The van der Waals surface area contributed by atoms with E-state index in [2.05, 4.69) is 14.5 Å². The van der Waals surface area contributed by atoms with Crippen molar-refractivity contribution in [2.24, 2.45) is 0 Å². The predicted molar refractivity (Wildman–Crippen MR) is 67.3 cm³/mol. The van der Waals surface area contributed by atoms with Crippen LogP contribution in [0.2, 0.25) is 5.02 Å². The lowest BCUT2D eigenvalue weighted by atomic mass is 10.3. The van der Waals surface area contributed by atoms with Gasteiger partial charge in [-0.3, -0.25) is 4.79 Å². The van der Waals surface area contributed by atoms with Crippen LogP contribution in [-0.2, 0) is 10.1 Å². The third-order valence-corrected chi connectivity index (χ3v) is 2.44. The number of nitrogens with one attached hydrogen (secondary N) is 1. The number of rotatable bonds is 4. The summed E-state index contributed by atoms with van der Waals surface area (Å²) in [7, 11) is -3.74. The number of aromatic nitrogens is 1. The van der Waals surface area contributed by atoms with Gasteiger partial charge in [0.2, 0.25) is 0 Å². The van der Waals surface area contributed by atoms with Gasteiger partial charge in [0.15, 0.2) is 0 Å². The van der Waals surface area contributed by atoms with Crippen molar-refractivity contribution in [2.45, 2.75) is 19.9 Å². The van der Waals surface area contributed by atoms with E-state index in [4.69, 9.17) is 11.6 Å². The first-order valence-electron chi connectivity index (χ1n) is 5.06. The second-order valence-electron chi connectivity index (χ2n) is 3.90. The largest absolute Gasteiger partial charge is 0.360 e. The first kappa shape index (κ1) is 14.7. The number of halogens is 1. The Morgan fingerprint density at radius 1 is 1.44 bits per heavy atom. The van der Waals surface area contributed by atoms with Gasteiger partial charge in [0, 0.05) is 6.04 Å². The van der Waals surface area contributed by atoms with Gasteiger partial charge in [-0.05, 0) is 26.0 Å². The van der Waals surface area contributed by atoms with Gasteiger partial charge in [0.1, 0.15) is 10.7 Å². The second-order valence-corrected chi connectivity index (χ2v) is 5.88. The predicted octanol–water partition coefficient (Wildman–Crippen LogP) is 1.21. The monoisotopic (exact) mass is 292 g/mol. The summed E-state index contributed by atoms with van der Waals surface area (Å²) in [4.78, 5) is 15.4. The lowest BCUT2D eigenvalue weighted by Crippen LogP contribution is -2.30. The molecule has 18 heavy (non-hydrogen) atoms. The molecule has 0 aromatic carbocycles. The molecule has 0 bridgehead atoms. The third-order valence-electron chi connectivity index (χ3n) is 1.70. The molecule has 0 unspecified atom stereocenters. The van der Waals surface area contributed by atoms with E-state index in [9.17, 15) is 13.2 Å². The van der Waals surface area contributed by atoms with E-state index in [0.29, 0.717) is 0 Å². The van der Waals surface area contributed by atoms with Crippen molar-refractivity contribution < 1.29 is 17.4 Å². The quantitative estimate of drug-likeness (QED) is 0.843. The summed E-state index contributed by atoms with van der Waals surface area (Å²) in [5, 5.41) is 2.63. The molecule has 8 heteroatoms. The van der Waals surface area contributed by atoms with E-state index >= 15 is 0 Å². The van der Waals surface area contributed by atoms with Crippen molar-refractivity contribution in [3.05, 3.63) is 22.8 Å². The molecule has 0 radical (unpaired) electrons. The molecule has 1 heterocycles. The Hall–Kier alpha value is -1.34. The summed E-state index contributed by atoms with van der Waals surface area (Å²) in [6.07, 6.45) is 0.867. The zero-order valence-corrected chi connectivity index (χ0v) is 11.7. The number of carbonyl (C=O) groups is 1. The van der Waals surface area contributed by atoms with E-state index in [-0.39, 0.29) is 22.6 Å². The Morgan fingerprint density at radius 3 is 2.56 bits per heavy atom. The van der Waals surface area contributed by atoms with Crippen LogP contribution in [0.3, 0.4) is 0 Å². The molecular formula is C10H13ClN2O4S. The Labute approximate surface area is 110 Å². The van der Waals surface area contributed by atoms with Crippen molar-refractivity contribution in [3.63, 3.8) is 0 Å². The van der Waals surface area contributed by atoms with Gasteiger partial charge in [0.25, 0.3) is 11.8 Å². The number of hydrogen-bond donors (Lipinski definition) is 1. The van der Waals surface area contributed by atoms with Crippen molar-refractivity contribution in [1.29, 1.82) is 0 Å². The molecule has 0 fully saturated rings. The molecular weight excluding hydrogens is 280 g/mol. The first-order valence-corrected chi connectivity index (χ1v) is 7.25. The van der Waals surface area contributed by atoms with Crippen LogP contribution >= 0.6 is 11.6 Å². The molecule has 1 N–H and O–H groups in total. The van der Waals surface area contributed by atoms with Crippen LogP contribution in [-0.4, -0.2) is 31.6 Å². The molecule has 1 amide bonds. The van der Waals surface area contributed by atoms with Crippen LogP contribution in [0.15, 0.2) is 12.1 Å². The van der Waals surface area contributed by atoms with E-state index < -0.39 is 16.0 Å². The second kappa shape index (κ2) is 5.53. The highest BCUT2D eigenvalue weighted by atomic mass is 35.5. The fourth-order valence-electron chi connectivity index (χ4n) is 1.09. The molecule has 6 nitrogen and oxygen atoms in total. The molecule has 0 aliphatic carbocycles. The van der Waals surface area contributed by atoms with Crippen LogP contribution in [0.25, 0.3) is 0 Å². The molecule has 1 rings (SSSR count). The highest BCUT2D eigenvalue weighted by Crippen LogP contribution is 2.23. The van der Waals surface area contributed by atoms with E-state index in [0.717, 1.165) is 6.26 Å². The van der Waals surface area contributed by atoms with Crippen LogP contribution in [0.1, 0.15) is 24.3 Å². The molecule has 1 aromatic heterocycles.